The second kappa shape index (κ2) is 11.7. The molecule has 0 spiro atoms. The lowest BCUT2D eigenvalue weighted by atomic mass is 9.96. The lowest BCUT2D eigenvalue weighted by molar-refractivity contribution is -0.122. The number of aryl methyl sites for hydroxylation is 2. The van der Waals surface area contributed by atoms with E-state index in [1.54, 1.807) is 0 Å². The van der Waals surface area contributed by atoms with Crippen LogP contribution in [-0.4, -0.2) is 64.7 Å². The zero-order valence-corrected chi connectivity index (χ0v) is 20.1. The maximum Gasteiger partial charge on any atom is 0.410 e. The van der Waals surface area contributed by atoms with Crippen molar-refractivity contribution < 1.29 is 19.4 Å². The van der Waals surface area contributed by atoms with Crippen LogP contribution in [0.15, 0.2) is 36.5 Å². The highest BCUT2D eigenvalue weighted by Gasteiger charge is 2.33. The largest absolute Gasteiger partial charge is 0.483 e. The average molecular weight is 486 g/mol. The first-order valence-corrected chi connectivity index (χ1v) is 12.5. The molecule has 1 aliphatic heterocycles. The van der Waals surface area contributed by atoms with Crippen LogP contribution in [0.4, 0.5) is 4.79 Å². The quantitative estimate of drug-likeness (QED) is 0.620. The number of pyridine rings is 1. The number of nitrogens with zero attached hydrogens (tertiary/aromatic N) is 3. The highest BCUT2D eigenvalue weighted by molar-refractivity contribution is 6.30. The molecule has 1 saturated carbocycles. The number of hydrogen-bond donors (Lipinski definition) is 1. The number of benzene rings is 1. The van der Waals surface area contributed by atoms with Crippen LogP contribution < -0.4 is 0 Å². The van der Waals surface area contributed by atoms with Crippen molar-refractivity contribution in [1.29, 1.82) is 0 Å². The molecule has 1 atom stereocenters. The van der Waals surface area contributed by atoms with Gasteiger partial charge in [-0.25, -0.2) is 4.79 Å². The van der Waals surface area contributed by atoms with E-state index in [-0.39, 0.29) is 24.7 Å². The van der Waals surface area contributed by atoms with Gasteiger partial charge in [-0.15, -0.1) is 0 Å². The summed E-state index contributed by atoms with van der Waals surface area (Å²) in [6.07, 6.45) is 9.42. The third-order valence-electron chi connectivity index (χ3n) is 7.01. The molecule has 1 aromatic carbocycles. The van der Waals surface area contributed by atoms with Crippen LogP contribution in [0, 0.1) is 0 Å². The first-order chi connectivity index (χ1) is 16.6. The topological polar surface area (TPSA) is 83.0 Å². The van der Waals surface area contributed by atoms with E-state index in [1.165, 1.54) is 36.0 Å². The van der Waals surface area contributed by atoms with Crippen molar-refractivity contribution in [3.05, 3.63) is 63.9 Å². The molecule has 0 bridgehead atoms. The Bertz CT molecular complexity index is 988. The minimum Gasteiger partial charge on any atom is -0.483 e. The molecule has 2 fully saturated rings. The van der Waals surface area contributed by atoms with E-state index in [2.05, 4.69) is 23.1 Å². The van der Waals surface area contributed by atoms with E-state index in [0.717, 1.165) is 49.5 Å². The zero-order chi connectivity index (χ0) is 23.9. The highest BCUT2D eigenvalue weighted by atomic mass is 35.5. The Kier molecular flexibility index (Phi) is 8.40. The summed E-state index contributed by atoms with van der Waals surface area (Å²) in [6, 6.07) is 10.6. The van der Waals surface area contributed by atoms with Crippen molar-refractivity contribution in [2.24, 2.45) is 0 Å². The van der Waals surface area contributed by atoms with Crippen LogP contribution in [0.25, 0.3) is 0 Å². The first kappa shape index (κ1) is 24.5. The normalized spacial score (nSPS) is 20.7. The molecule has 5 rings (SSSR count). The molecule has 1 aromatic heterocycles. The number of ether oxygens (including phenoxy) is 1. The van der Waals surface area contributed by atoms with Gasteiger partial charge >= 0.3 is 6.09 Å². The summed E-state index contributed by atoms with van der Waals surface area (Å²) in [5.74, 6) is 0. The lowest BCUT2D eigenvalue weighted by Crippen LogP contribution is -2.50. The van der Waals surface area contributed by atoms with Crippen LogP contribution in [0.5, 0.6) is 0 Å². The van der Waals surface area contributed by atoms with Gasteiger partial charge in [0.1, 0.15) is 6.10 Å². The Balaban J connectivity index is 0.000000868. The van der Waals surface area contributed by atoms with E-state index >= 15 is 0 Å². The molecule has 7 nitrogen and oxygen atoms in total. The minimum atomic E-state index is -0.250. The van der Waals surface area contributed by atoms with Gasteiger partial charge < -0.3 is 14.7 Å². The van der Waals surface area contributed by atoms with Crippen LogP contribution in [0.2, 0.25) is 5.02 Å². The second-order valence-corrected chi connectivity index (χ2v) is 9.50. The summed E-state index contributed by atoms with van der Waals surface area (Å²) < 4.78 is 5.80. The van der Waals surface area contributed by atoms with E-state index < -0.39 is 0 Å². The van der Waals surface area contributed by atoms with Gasteiger partial charge in [-0.3, -0.25) is 14.7 Å². The SMILES string of the molecule is O=C(OC1CCCCC1)N1CCN(C2c3ccc(Cl)cc3CCc3cccnc32)CC1.O=CO. The molecular formula is C26H32ClN3O4. The van der Waals surface area contributed by atoms with Crippen molar-refractivity contribution in [1.82, 2.24) is 14.8 Å². The molecule has 1 N–H and O–H groups in total. The maximum atomic E-state index is 12.7. The Morgan fingerprint density at radius 2 is 1.76 bits per heavy atom. The number of amides is 1. The van der Waals surface area contributed by atoms with Gasteiger partial charge in [-0.05, 0) is 73.4 Å². The Morgan fingerprint density at radius 3 is 2.50 bits per heavy atom. The maximum absolute atomic E-state index is 12.7. The molecule has 2 aliphatic carbocycles. The van der Waals surface area contributed by atoms with E-state index in [1.807, 2.05) is 23.2 Å². The summed E-state index contributed by atoms with van der Waals surface area (Å²) >= 11 is 6.32. The minimum absolute atomic E-state index is 0.0995. The van der Waals surface area contributed by atoms with Crippen molar-refractivity contribution in [2.45, 2.75) is 57.1 Å². The Morgan fingerprint density at radius 1 is 1.06 bits per heavy atom. The molecule has 1 amide bonds. The summed E-state index contributed by atoms with van der Waals surface area (Å²) in [6.45, 7) is 2.74. The van der Waals surface area contributed by atoms with Gasteiger partial charge in [0, 0.05) is 37.4 Å². The fourth-order valence-corrected chi connectivity index (χ4v) is 5.51. The fraction of sp³-hybridized carbons (Fsp3) is 0.500. The fourth-order valence-electron chi connectivity index (χ4n) is 5.32. The van der Waals surface area contributed by atoms with Crippen molar-refractivity contribution in [3.8, 4) is 0 Å². The zero-order valence-electron chi connectivity index (χ0n) is 19.4. The number of carboxylic acid groups (broad SMARTS) is 1. The third-order valence-corrected chi connectivity index (χ3v) is 7.24. The Hall–Kier alpha value is -2.64. The number of fused-ring (bicyclic) bond motifs is 2. The smallest absolute Gasteiger partial charge is 0.410 e. The first-order valence-electron chi connectivity index (χ1n) is 12.1. The number of rotatable bonds is 2. The van der Waals surface area contributed by atoms with E-state index in [4.69, 9.17) is 31.2 Å². The number of carbonyl (C=O) groups is 2. The number of carbonyl (C=O) groups excluding carboxylic acids is 1. The standard InChI is InChI=1S/C25H30ClN3O2.CH2O2/c26-20-10-11-22-19(17-20)9-8-18-5-4-12-27-23(18)24(22)28-13-15-29(16-14-28)25(30)31-21-6-2-1-3-7-21;2-1-3/h4-5,10-12,17,21,24H,1-3,6-9,13-16H2;1H,(H,2,3). The summed E-state index contributed by atoms with van der Waals surface area (Å²) in [7, 11) is 0. The van der Waals surface area contributed by atoms with Gasteiger partial charge in [0.15, 0.2) is 0 Å². The summed E-state index contributed by atoms with van der Waals surface area (Å²) in [5, 5.41) is 7.67. The van der Waals surface area contributed by atoms with Gasteiger partial charge in [0.25, 0.3) is 6.47 Å². The predicted octanol–water partition coefficient (Wildman–Crippen LogP) is 4.71. The van der Waals surface area contributed by atoms with Crippen LogP contribution in [0.3, 0.4) is 0 Å². The average Bonchev–Trinajstić information content (AvgIpc) is 3.02. The second-order valence-electron chi connectivity index (χ2n) is 9.07. The van der Waals surface area contributed by atoms with Crippen molar-refractivity contribution in [2.75, 3.05) is 26.2 Å². The van der Waals surface area contributed by atoms with Crippen LogP contribution >= 0.6 is 11.6 Å². The van der Waals surface area contributed by atoms with Crippen molar-refractivity contribution >= 4 is 24.2 Å². The molecule has 0 radical (unpaired) electrons. The van der Waals surface area contributed by atoms with Gasteiger partial charge in [-0.2, -0.15) is 0 Å². The molecule has 2 aromatic rings. The van der Waals surface area contributed by atoms with E-state index in [9.17, 15) is 4.79 Å². The van der Waals surface area contributed by atoms with Crippen LogP contribution in [0.1, 0.15) is 60.5 Å². The molecule has 8 heteroatoms. The van der Waals surface area contributed by atoms with Gasteiger partial charge in [0.05, 0.1) is 11.7 Å². The molecule has 2 heterocycles. The number of piperazine rings is 1. The highest BCUT2D eigenvalue weighted by Crippen LogP contribution is 2.37. The van der Waals surface area contributed by atoms with Crippen LogP contribution in [-0.2, 0) is 22.4 Å². The van der Waals surface area contributed by atoms with Crippen molar-refractivity contribution in [3.63, 3.8) is 0 Å². The van der Waals surface area contributed by atoms with E-state index in [0.29, 0.717) is 13.1 Å². The molecule has 1 unspecified atom stereocenters. The number of hydrogen-bond acceptors (Lipinski definition) is 5. The monoisotopic (exact) mass is 485 g/mol. The lowest BCUT2D eigenvalue weighted by Gasteiger charge is -2.39. The summed E-state index contributed by atoms with van der Waals surface area (Å²) in [4.78, 5) is 30.2. The molecular weight excluding hydrogens is 454 g/mol. The van der Waals surface area contributed by atoms with Gasteiger partial charge in [-0.1, -0.05) is 30.2 Å². The molecule has 182 valence electrons. The van der Waals surface area contributed by atoms with Gasteiger partial charge in [0.2, 0.25) is 0 Å². The molecule has 1 saturated heterocycles. The third kappa shape index (κ3) is 5.70. The number of aromatic nitrogens is 1. The summed E-state index contributed by atoms with van der Waals surface area (Å²) in [5.41, 5.74) is 5.04. The molecule has 34 heavy (non-hydrogen) atoms. The predicted molar refractivity (Wildman–Crippen MR) is 130 cm³/mol. The Labute approximate surface area is 205 Å². The number of halogens is 1. The molecule has 3 aliphatic rings.